The standard InChI is InChI=1S/C14H14ClN3O/c1-8-4-5-12(11(15)6-8)18-14(19)13-9(2)10(3)16-7-17-13/h4-7H,1-3H3,(H,18,19). The third-order valence-electron chi connectivity index (χ3n) is 2.92. The van der Waals surface area contributed by atoms with Crippen LogP contribution < -0.4 is 5.32 Å². The van der Waals surface area contributed by atoms with Gasteiger partial charge in [0.05, 0.1) is 10.7 Å². The maximum absolute atomic E-state index is 12.2. The molecule has 0 fully saturated rings. The molecule has 0 unspecified atom stereocenters. The number of nitrogens with one attached hydrogen (secondary N) is 1. The summed E-state index contributed by atoms with van der Waals surface area (Å²) in [5.74, 6) is -0.284. The molecule has 19 heavy (non-hydrogen) atoms. The van der Waals surface area contributed by atoms with E-state index in [2.05, 4.69) is 15.3 Å². The van der Waals surface area contributed by atoms with E-state index in [-0.39, 0.29) is 5.91 Å². The number of aryl methyl sites for hydroxylation is 2. The van der Waals surface area contributed by atoms with Crippen molar-refractivity contribution < 1.29 is 4.79 Å². The molecule has 0 aliphatic rings. The first-order chi connectivity index (χ1) is 8.99. The second-order valence-corrected chi connectivity index (χ2v) is 4.78. The van der Waals surface area contributed by atoms with E-state index in [1.165, 1.54) is 6.33 Å². The van der Waals surface area contributed by atoms with E-state index < -0.39 is 0 Å². The molecule has 1 aromatic carbocycles. The average Bonchev–Trinajstić information content (AvgIpc) is 2.36. The topological polar surface area (TPSA) is 54.9 Å². The van der Waals surface area contributed by atoms with Gasteiger partial charge in [0.1, 0.15) is 12.0 Å². The van der Waals surface area contributed by atoms with Gasteiger partial charge in [-0.1, -0.05) is 17.7 Å². The summed E-state index contributed by atoms with van der Waals surface area (Å²) in [5.41, 5.74) is 3.53. The number of halogens is 1. The van der Waals surface area contributed by atoms with E-state index in [9.17, 15) is 4.79 Å². The minimum absolute atomic E-state index is 0.284. The number of aromatic nitrogens is 2. The molecular formula is C14H14ClN3O. The van der Waals surface area contributed by atoms with Gasteiger partial charge in [-0.2, -0.15) is 0 Å². The molecule has 0 saturated heterocycles. The van der Waals surface area contributed by atoms with E-state index >= 15 is 0 Å². The highest BCUT2D eigenvalue weighted by atomic mass is 35.5. The Labute approximate surface area is 116 Å². The van der Waals surface area contributed by atoms with Crippen molar-refractivity contribution in [1.29, 1.82) is 0 Å². The number of benzene rings is 1. The van der Waals surface area contributed by atoms with Crippen LogP contribution in [0.5, 0.6) is 0 Å². The van der Waals surface area contributed by atoms with Gasteiger partial charge >= 0.3 is 0 Å². The molecular weight excluding hydrogens is 262 g/mol. The maximum atomic E-state index is 12.2. The van der Waals surface area contributed by atoms with Crippen LogP contribution in [-0.2, 0) is 0 Å². The number of rotatable bonds is 2. The fraction of sp³-hybridized carbons (Fsp3) is 0.214. The lowest BCUT2D eigenvalue weighted by Crippen LogP contribution is -2.16. The summed E-state index contributed by atoms with van der Waals surface area (Å²) in [6, 6.07) is 5.47. The molecule has 1 aromatic heterocycles. The molecule has 98 valence electrons. The van der Waals surface area contributed by atoms with E-state index in [4.69, 9.17) is 11.6 Å². The second kappa shape index (κ2) is 5.36. The average molecular weight is 276 g/mol. The van der Waals surface area contributed by atoms with E-state index in [0.717, 1.165) is 16.8 Å². The maximum Gasteiger partial charge on any atom is 0.274 e. The summed E-state index contributed by atoms with van der Waals surface area (Å²) >= 11 is 6.08. The molecule has 1 N–H and O–H groups in total. The predicted octanol–water partition coefficient (Wildman–Crippen LogP) is 3.31. The normalized spacial score (nSPS) is 10.3. The summed E-state index contributed by atoms with van der Waals surface area (Å²) in [7, 11) is 0. The molecule has 1 heterocycles. The summed E-state index contributed by atoms with van der Waals surface area (Å²) in [6.07, 6.45) is 1.38. The Morgan fingerprint density at radius 3 is 2.63 bits per heavy atom. The first-order valence-electron chi connectivity index (χ1n) is 5.84. The zero-order chi connectivity index (χ0) is 14.0. The monoisotopic (exact) mass is 275 g/mol. The highest BCUT2D eigenvalue weighted by Crippen LogP contribution is 2.23. The van der Waals surface area contributed by atoms with Crippen LogP contribution in [0.15, 0.2) is 24.5 Å². The van der Waals surface area contributed by atoms with Crippen molar-refractivity contribution in [2.75, 3.05) is 5.32 Å². The van der Waals surface area contributed by atoms with Crippen LogP contribution in [-0.4, -0.2) is 15.9 Å². The van der Waals surface area contributed by atoms with Crippen LogP contribution in [0, 0.1) is 20.8 Å². The number of anilines is 1. The van der Waals surface area contributed by atoms with Gasteiger partial charge in [0, 0.05) is 11.3 Å². The minimum atomic E-state index is -0.284. The zero-order valence-electron chi connectivity index (χ0n) is 11.0. The molecule has 2 aromatic rings. The second-order valence-electron chi connectivity index (χ2n) is 4.37. The Morgan fingerprint density at radius 1 is 1.21 bits per heavy atom. The third-order valence-corrected chi connectivity index (χ3v) is 3.24. The van der Waals surface area contributed by atoms with E-state index in [0.29, 0.717) is 16.4 Å². The fourth-order valence-corrected chi connectivity index (χ4v) is 1.95. The minimum Gasteiger partial charge on any atom is -0.319 e. The van der Waals surface area contributed by atoms with Gasteiger partial charge in [-0.05, 0) is 38.5 Å². The molecule has 0 spiro atoms. The molecule has 4 nitrogen and oxygen atoms in total. The van der Waals surface area contributed by atoms with Crippen molar-refractivity contribution in [1.82, 2.24) is 9.97 Å². The molecule has 0 atom stereocenters. The molecule has 2 rings (SSSR count). The van der Waals surface area contributed by atoms with Crippen molar-refractivity contribution in [3.8, 4) is 0 Å². The van der Waals surface area contributed by atoms with Gasteiger partial charge in [-0.25, -0.2) is 9.97 Å². The van der Waals surface area contributed by atoms with Crippen LogP contribution in [0.3, 0.4) is 0 Å². The highest BCUT2D eigenvalue weighted by Gasteiger charge is 2.14. The van der Waals surface area contributed by atoms with Crippen molar-refractivity contribution in [2.45, 2.75) is 20.8 Å². The third kappa shape index (κ3) is 2.90. The smallest absolute Gasteiger partial charge is 0.274 e. The molecule has 0 saturated carbocycles. The van der Waals surface area contributed by atoms with Gasteiger partial charge in [0.2, 0.25) is 0 Å². The number of carbonyl (C=O) groups excluding carboxylic acids is 1. The van der Waals surface area contributed by atoms with Crippen LogP contribution in [0.25, 0.3) is 0 Å². The lowest BCUT2D eigenvalue weighted by molar-refractivity contribution is 0.102. The molecule has 0 aliphatic heterocycles. The lowest BCUT2D eigenvalue weighted by atomic mass is 10.1. The van der Waals surface area contributed by atoms with Crippen molar-refractivity contribution in [2.24, 2.45) is 0 Å². The van der Waals surface area contributed by atoms with Crippen molar-refractivity contribution in [3.63, 3.8) is 0 Å². The number of nitrogens with zero attached hydrogens (tertiary/aromatic N) is 2. The van der Waals surface area contributed by atoms with Crippen LogP contribution in [0.2, 0.25) is 5.02 Å². The van der Waals surface area contributed by atoms with Gasteiger partial charge in [0.25, 0.3) is 5.91 Å². The largest absolute Gasteiger partial charge is 0.319 e. The predicted molar refractivity (Wildman–Crippen MR) is 75.6 cm³/mol. The Bertz CT molecular complexity index is 641. The van der Waals surface area contributed by atoms with Gasteiger partial charge < -0.3 is 5.32 Å². The number of amides is 1. The molecule has 0 aliphatic carbocycles. The number of hydrogen-bond acceptors (Lipinski definition) is 3. The van der Waals surface area contributed by atoms with Crippen LogP contribution in [0.1, 0.15) is 27.3 Å². The Morgan fingerprint density at radius 2 is 1.95 bits per heavy atom. The number of carbonyl (C=O) groups is 1. The van der Waals surface area contributed by atoms with Gasteiger partial charge in [0.15, 0.2) is 0 Å². The van der Waals surface area contributed by atoms with E-state index in [1.54, 1.807) is 12.1 Å². The summed E-state index contributed by atoms with van der Waals surface area (Å²) < 4.78 is 0. The quantitative estimate of drug-likeness (QED) is 0.915. The Kier molecular flexibility index (Phi) is 3.81. The van der Waals surface area contributed by atoms with Crippen LogP contribution >= 0.6 is 11.6 Å². The number of hydrogen-bond donors (Lipinski definition) is 1. The first kappa shape index (κ1) is 13.5. The molecule has 5 heteroatoms. The van der Waals surface area contributed by atoms with Crippen LogP contribution in [0.4, 0.5) is 5.69 Å². The van der Waals surface area contributed by atoms with Crippen molar-refractivity contribution in [3.05, 3.63) is 52.1 Å². The summed E-state index contributed by atoms with van der Waals surface area (Å²) in [4.78, 5) is 20.2. The Balaban J connectivity index is 2.28. The summed E-state index contributed by atoms with van der Waals surface area (Å²) in [6.45, 7) is 5.60. The SMILES string of the molecule is Cc1ccc(NC(=O)c2ncnc(C)c2C)c(Cl)c1. The highest BCUT2D eigenvalue weighted by molar-refractivity contribution is 6.34. The van der Waals surface area contributed by atoms with Gasteiger partial charge in [-0.3, -0.25) is 4.79 Å². The van der Waals surface area contributed by atoms with Gasteiger partial charge in [-0.15, -0.1) is 0 Å². The fourth-order valence-electron chi connectivity index (χ4n) is 1.67. The lowest BCUT2D eigenvalue weighted by Gasteiger charge is -2.09. The first-order valence-corrected chi connectivity index (χ1v) is 6.22. The van der Waals surface area contributed by atoms with E-state index in [1.807, 2.05) is 26.8 Å². The van der Waals surface area contributed by atoms with Crippen molar-refractivity contribution >= 4 is 23.2 Å². The summed E-state index contributed by atoms with van der Waals surface area (Å²) in [5, 5.41) is 3.27. The molecule has 0 bridgehead atoms. The Hall–Kier alpha value is -1.94. The molecule has 0 radical (unpaired) electrons. The zero-order valence-corrected chi connectivity index (χ0v) is 11.7. The molecule has 1 amide bonds.